The van der Waals surface area contributed by atoms with Gasteiger partial charge >= 0.3 is 5.97 Å². The van der Waals surface area contributed by atoms with E-state index in [1.165, 1.54) is 0 Å². The van der Waals surface area contributed by atoms with E-state index in [4.69, 9.17) is 4.74 Å². The minimum absolute atomic E-state index is 0.154. The summed E-state index contributed by atoms with van der Waals surface area (Å²) >= 11 is 0. The van der Waals surface area contributed by atoms with Crippen LogP contribution in [0.3, 0.4) is 0 Å². The number of hydrogen-bond acceptors (Lipinski definition) is 5. The van der Waals surface area contributed by atoms with Crippen LogP contribution < -0.4 is 0 Å². The smallest absolute Gasteiger partial charge is 0.361 e. The molecule has 0 saturated heterocycles. The van der Waals surface area contributed by atoms with Gasteiger partial charge in [-0.15, -0.1) is 5.10 Å². The second-order valence-electron chi connectivity index (χ2n) is 3.37. The van der Waals surface area contributed by atoms with Crippen LogP contribution in [0.2, 0.25) is 0 Å². The summed E-state index contributed by atoms with van der Waals surface area (Å²) in [6.45, 7) is 4.04. The third-order valence-corrected chi connectivity index (χ3v) is 2.27. The van der Waals surface area contributed by atoms with E-state index in [9.17, 15) is 4.79 Å². The lowest BCUT2D eigenvalue weighted by molar-refractivity contribution is 0.0520. The lowest BCUT2D eigenvalue weighted by atomic mass is 10.2. The molecule has 2 heterocycles. The van der Waals surface area contributed by atoms with Crippen molar-refractivity contribution in [3.63, 3.8) is 0 Å². The van der Waals surface area contributed by atoms with Crippen LogP contribution in [0, 0.1) is 0 Å². The van der Waals surface area contributed by atoms with E-state index in [0.29, 0.717) is 18.0 Å². The van der Waals surface area contributed by atoms with Gasteiger partial charge in [-0.25, -0.2) is 4.79 Å². The zero-order valence-corrected chi connectivity index (χ0v) is 9.65. The minimum Gasteiger partial charge on any atom is -0.461 e. The summed E-state index contributed by atoms with van der Waals surface area (Å²) < 4.78 is 4.88. The molecule has 0 fully saturated rings. The Bertz CT molecular complexity index is 516. The lowest BCUT2D eigenvalue weighted by Gasteiger charge is -1.97. The molecule has 2 N–H and O–H groups in total. The Hall–Kier alpha value is -2.18. The van der Waals surface area contributed by atoms with Crippen LogP contribution in [0.15, 0.2) is 6.07 Å². The van der Waals surface area contributed by atoms with Crippen molar-refractivity contribution < 1.29 is 9.53 Å². The van der Waals surface area contributed by atoms with E-state index >= 15 is 0 Å². The van der Waals surface area contributed by atoms with E-state index in [0.717, 1.165) is 12.1 Å². The van der Waals surface area contributed by atoms with Gasteiger partial charge in [-0.1, -0.05) is 6.92 Å². The van der Waals surface area contributed by atoms with Gasteiger partial charge in [0.2, 0.25) is 0 Å². The Morgan fingerprint density at radius 3 is 2.82 bits per heavy atom. The number of aromatic amines is 2. The van der Waals surface area contributed by atoms with Gasteiger partial charge in [0.15, 0.2) is 5.69 Å². The zero-order valence-electron chi connectivity index (χ0n) is 9.65. The highest BCUT2D eigenvalue weighted by molar-refractivity contribution is 5.93. The van der Waals surface area contributed by atoms with E-state index in [1.807, 2.05) is 13.0 Å². The van der Waals surface area contributed by atoms with E-state index in [1.54, 1.807) is 6.92 Å². The first kappa shape index (κ1) is 11.3. The van der Waals surface area contributed by atoms with Gasteiger partial charge in [0.05, 0.1) is 6.61 Å². The third-order valence-electron chi connectivity index (χ3n) is 2.27. The van der Waals surface area contributed by atoms with Crippen molar-refractivity contribution in [2.75, 3.05) is 6.61 Å². The van der Waals surface area contributed by atoms with E-state index in [2.05, 4.69) is 25.6 Å². The molecule has 0 atom stereocenters. The quantitative estimate of drug-likeness (QED) is 0.768. The molecule has 0 unspecified atom stereocenters. The van der Waals surface area contributed by atoms with Gasteiger partial charge in [0.1, 0.15) is 11.4 Å². The number of hydrogen-bond donors (Lipinski definition) is 2. The van der Waals surface area contributed by atoms with Crippen LogP contribution >= 0.6 is 0 Å². The van der Waals surface area contributed by atoms with Gasteiger partial charge in [-0.3, -0.25) is 5.10 Å². The maximum atomic E-state index is 11.6. The van der Waals surface area contributed by atoms with Gasteiger partial charge < -0.3 is 4.74 Å². The number of rotatable bonds is 4. The summed E-state index contributed by atoms with van der Waals surface area (Å²) in [5.74, 6) is -0.503. The summed E-state index contributed by atoms with van der Waals surface area (Å²) in [5.41, 5.74) is 2.11. The molecular weight excluding hydrogens is 222 g/mol. The monoisotopic (exact) mass is 235 g/mol. The molecule has 17 heavy (non-hydrogen) atoms. The number of nitrogens with zero attached hydrogens (tertiary/aromatic N) is 3. The molecule has 0 aliphatic carbocycles. The average molecular weight is 235 g/mol. The van der Waals surface area contributed by atoms with Crippen molar-refractivity contribution in [2.24, 2.45) is 0 Å². The Morgan fingerprint density at radius 2 is 2.18 bits per heavy atom. The van der Waals surface area contributed by atoms with Crippen LogP contribution in [0.5, 0.6) is 0 Å². The summed E-state index contributed by atoms with van der Waals surface area (Å²) in [7, 11) is 0. The number of aromatic nitrogens is 5. The Labute approximate surface area is 97.6 Å². The molecule has 0 aliphatic heterocycles. The van der Waals surface area contributed by atoms with Crippen molar-refractivity contribution >= 4 is 5.97 Å². The van der Waals surface area contributed by atoms with Crippen LogP contribution in [0.25, 0.3) is 11.4 Å². The SMILES string of the molecule is CCOC(=O)c1n[nH]nc1-c1cc(CC)[nH]n1. The van der Waals surface area contributed by atoms with Crippen molar-refractivity contribution in [1.29, 1.82) is 0 Å². The lowest BCUT2D eigenvalue weighted by Crippen LogP contribution is -2.06. The molecule has 0 aromatic carbocycles. The Kier molecular flexibility index (Phi) is 3.17. The number of ether oxygens (including phenoxy) is 1. The molecule has 7 heteroatoms. The second kappa shape index (κ2) is 4.77. The predicted octanol–water partition coefficient (Wildman–Crippen LogP) is 0.934. The van der Waals surface area contributed by atoms with Crippen molar-refractivity contribution in [2.45, 2.75) is 20.3 Å². The van der Waals surface area contributed by atoms with Crippen LogP contribution in [0.1, 0.15) is 30.0 Å². The number of carbonyl (C=O) groups excluding carboxylic acids is 1. The molecule has 7 nitrogen and oxygen atoms in total. The van der Waals surface area contributed by atoms with Crippen LogP contribution in [-0.4, -0.2) is 38.2 Å². The first-order valence-electron chi connectivity index (χ1n) is 5.38. The van der Waals surface area contributed by atoms with Gasteiger partial charge in [0, 0.05) is 5.69 Å². The fourth-order valence-electron chi connectivity index (χ4n) is 1.42. The molecule has 0 radical (unpaired) electrons. The third kappa shape index (κ3) is 2.17. The molecule has 2 aromatic heterocycles. The molecule has 0 saturated carbocycles. The Balaban J connectivity index is 2.33. The fourth-order valence-corrected chi connectivity index (χ4v) is 1.42. The average Bonchev–Trinajstić information content (AvgIpc) is 2.97. The first-order chi connectivity index (χ1) is 8.26. The molecule has 90 valence electrons. The molecule has 0 amide bonds. The van der Waals surface area contributed by atoms with Crippen LogP contribution in [0.4, 0.5) is 0 Å². The normalized spacial score (nSPS) is 10.5. The van der Waals surface area contributed by atoms with E-state index in [-0.39, 0.29) is 5.69 Å². The molecular formula is C10H13N5O2. The summed E-state index contributed by atoms with van der Waals surface area (Å²) in [5, 5.41) is 17.0. The maximum absolute atomic E-state index is 11.6. The van der Waals surface area contributed by atoms with Crippen molar-refractivity contribution in [3.8, 4) is 11.4 Å². The summed E-state index contributed by atoms with van der Waals surface area (Å²) in [6, 6.07) is 1.83. The standard InChI is InChI=1S/C10H13N5O2/c1-3-6-5-7(12-11-6)8-9(14-15-13-8)10(16)17-4-2/h5H,3-4H2,1-2H3,(H,11,12)(H,13,14,15). The summed E-state index contributed by atoms with van der Waals surface area (Å²) in [4.78, 5) is 11.6. The molecule has 2 aromatic rings. The number of nitrogens with one attached hydrogen (secondary N) is 2. The topological polar surface area (TPSA) is 96.5 Å². The fraction of sp³-hybridized carbons (Fsp3) is 0.400. The number of H-pyrrole nitrogens is 2. The zero-order chi connectivity index (χ0) is 12.3. The Morgan fingerprint density at radius 1 is 1.35 bits per heavy atom. The largest absolute Gasteiger partial charge is 0.461 e. The van der Waals surface area contributed by atoms with Crippen LogP contribution in [-0.2, 0) is 11.2 Å². The predicted molar refractivity (Wildman–Crippen MR) is 59.3 cm³/mol. The number of esters is 1. The van der Waals surface area contributed by atoms with Gasteiger partial charge in [-0.05, 0) is 19.4 Å². The first-order valence-corrected chi connectivity index (χ1v) is 5.38. The van der Waals surface area contributed by atoms with Crippen molar-refractivity contribution in [1.82, 2.24) is 25.6 Å². The molecule has 0 aliphatic rings. The van der Waals surface area contributed by atoms with Crippen molar-refractivity contribution in [3.05, 3.63) is 17.5 Å². The van der Waals surface area contributed by atoms with Gasteiger partial charge in [-0.2, -0.15) is 15.4 Å². The number of aryl methyl sites for hydroxylation is 1. The highest BCUT2D eigenvalue weighted by Gasteiger charge is 2.20. The molecule has 2 rings (SSSR count). The van der Waals surface area contributed by atoms with E-state index < -0.39 is 5.97 Å². The maximum Gasteiger partial charge on any atom is 0.361 e. The highest BCUT2D eigenvalue weighted by atomic mass is 16.5. The highest BCUT2D eigenvalue weighted by Crippen LogP contribution is 2.18. The summed E-state index contributed by atoms with van der Waals surface area (Å²) in [6.07, 6.45) is 0.833. The number of carbonyl (C=O) groups is 1. The van der Waals surface area contributed by atoms with Gasteiger partial charge in [0.25, 0.3) is 0 Å². The second-order valence-corrected chi connectivity index (χ2v) is 3.37. The molecule has 0 bridgehead atoms. The minimum atomic E-state index is -0.503. The molecule has 0 spiro atoms.